The van der Waals surface area contributed by atoms with E-state index in [1.54, 1.807) is 35.9 Å². The van der Waals surface area contributed by atoms with Gasteiger partial charge in [0.05, 0.1) is 23.0 Å². The van der Waals surface area contributed by atoms with E-state index in [1.165, 1.54) is 33.4 Å². The highest BCUT2D eigenvalue weighted by molar-refractivity contribution is 7.94. The van der Waals surface area contributed by atoms with Gasteiger partial charge < -0.3 is 9.72 Å². The van der Waals surface area contributed by atoms with Crippen LogP contribution in [0.4, 0.5) is 5.69 Å². The van der Waals surface area contributed by atoms with Gasteiger partial charge in [0.25, 0.3) is 10.0 Å². The van der Waals surface area contributed by atoms with Gasteiger partial charge in [0.1, 0.15) is 9.22 Å². The first kappa shape index (κ1) is 25.0. The summed E-state index contributed by atoms with van der Waals surface area (Å²) in [5, 5.41) is 3.65. The Kier molecular flexibility index (Phi) is 7.08. The van der Waals surface area contributed by atoms with Crippen LogP contribution in [0.1, 0.15) is 17.7 Å². The number of thiazole rings is 1. The number of hydrogen-bond donors (Lipinski definition) is 1. The average molecular weight is 558 g/mol. The maximum absolute atomic E-state index is 13.1. The van der Waals surface area contributed by atoms with Crippen molar-refractivity contribution >= 4 is 49.3 Å². The zero-order valence-electron chi connectivity index (χ0n) is 20.8. The van der Waals surface area contributed by atoms with Gasteiger partial charge >= 0.3 is 0 Å². The number of anilines is 1. The molecule has 1 atom stereocenters. The summed E-state index contributed by atoms with van der Waals surface area (Å²) in [5.74, 6) is 0. The van der Waals surface area contributed by atoms with Crippen molar-refractivity contribution in [3.05, 3.63) is 52.9 Å². The number of nitrogens with one attached hydrogen (secondary N) is 1. The Morgan fingerprint density at radius 2 is 2.00 bits per heavy atom. The maximum Gasteiger partial charge on any atom is 0.273 e. The van der Waals surface area contributed by atoms with E-state index in [0.717, 1.165) is 67.5 Å². The van der Waals surface area contributed by atoms with Crippen molar-refractivity contribution in [2.75, 3.05) is 50.7 Å². The highest BCUT2D eigenvalue weighted by Gasteiger charge is 2.25. The van der Waals surface area contributed by atoms with E-state index in [0.29, 0.717) is 16.0 Å². The van der Waals surface area contributed by atoms with Crippen LogP contribution in [-0.2, 0) is 21.3 Å². The van der Waals surface area contributed by atoms with E-state index in [2.05, 4.69) is 20.9 Å². The largest absolute Gasteiger partial charge is 0.377 e. The number of rotatable bonds is 8. The molecule has 5 heterocycles. The lowest BCUT2D eigenvalue weighted by molar-refractivity contribution is 0.0491. The van der Waals surface area contributed by atoms with Crippen molar-refractivity contribution in [3.8, 4) is 10.7 Å². The molecule has 2 fully saturated rings. The Hall–Kier alpha value is -2.28. The second-order valence-electron chi connectivity index (χ2n) is 9.67. The molecule has 2 saturated heterocycles. The number of piperazine rings is 1. The van der Waals surface area contributed by atoms with Crippen LogP contribution in [0.2, 0.25) is 0 Å². The van der Waals surface area contributed by atoms with Crippen LogP contribution < -0.4 is 4.31 Å². The first-order chi connectivity index (χ1) is 18.0. The zero-order valence-corrected chi connectivity index (χ0v) is 23.2. The molecular weight excluding hydrogens is 527 g/mol. The smallest absolute Gasteiger partial charge is 0.273 e. The predicted octanol–water partition coefficient (Wildman–Crippen LogP) is 4.47. The van der Waals surface area contributed by atoms with E-state index >= 15 is 0 Å². The maximum atomic E-state index is 13.1. The topological polar surface area (TPSA) is 81.8 Å². The van der Waals surface area contributed by atoms with Crippen LogP contribution >= 0.6 is 22.7 Å². The lowest BCUT2D eigenvalue weighted by Gasteiger charge is -2.35. The highest BCUT2D eigenvalue weighted by atomic mass is 32.2. The van der Waals surface area contributed by atoms with Crippen LogP contribution in [0.15, 0.2) is 52.2 Å². The number of sulfonamides is 1. The molecule has 196 valence electrons. The van der Waals surface area contributed by atoms with Crippen molar-refractivity contribution in [2.24, 2.45) is 0 Å². The predicted molar refractivity (Wildman–Crippen MR) is 150 cm³/mol. The number of fused-ring (bicyclic) bond motifs is 1. The van der Waals surface area contributed by atoms with Crippen molar-refractivity contribution in [1.29, 1.82) is 0 Å². The molecule has 1 aromatic carbocycles. The van der Waals surface area contributed by atoms with Gasteiger partial charge in [-0.2, -0.15) is 0 Å². The fraction of sp³-hybridized carbons (Fsp3) is 0.423. The summed E-state index contributed by atoms with van der Waals surface area (Å²) in [4.78, 5) is 14.4. The number of thiophene rings is 1. The first-order valence-electron chi connectivity index (χ1n) is 12.6. The Morgan fingerprint density at radius 3 is 2.76 bits per heavy atom. The van der Waals surface area contributed by atoms with E-state index in [4.69, 9.17) is 9.72 Å². The normalized spacial score (nSPS) is 19.6. The van der Waals surface area contributed by atoms with Gasteiger partial charge in [0.2, 0.25) is 0 Å². The van der Waals surface area contributed by atoms with Crippen LogP contribution in [-0.4, -0.2) is 80.7 Å². The summed E-state index contributed by atoms with van der Waals surface area (Å²) in [6, 6.07) is 11.2. The number of benzene rings is 1. The van der Waals surface area contributed by atoms with Crippen molar-refractivity contribution in [3.63, 3.8) is 0 Å². The summed E-state index contributed by atoms with van der Waals surface area (Å²) in [7, 11) is -2.01. The van der Waals surface area contributed by atoms with Gasteiger partial charge in [0.15, 0.2) is 0 Å². The van der Waals surface area contributed by atoms with Gasteiger partial charge in [-0.15, -0.1) is 22.7 Å². The van der Waals surface area contributed by atoms with Gasteiger partial charge in [-0.05, 0) is 36.4 Å². The minimum Gasteiger partial charge on any atom is -0.377 e. The van der Waals surface area contributed by atoms with Crippen molar-refractivity contribution in [2.45, 2.75) is 29.7 Å². The quantitative estimate of drug-likeness (QED) is 0.344. The van der Waals surface area contributed by atoms with Gasteiger partial charge in [-0.1, -0.05) is 18.2 Å². The van der Waals surface area contributed by atoms with Crippen molar-refractivity contribution < 1.29 is 13.2 Å². The average Bonchev–Trinajstić information content (AvgIpc) is 3.71. The number of H-pyrrole nitrogens is 1. The fourth-order valence-corrected chi connectivity index (χ4v) is 8.42. The molecule has 8 nitrogen and oxygen atoms in total. The number of para-hydroxylation sites is 1. The molecule has 0 spiro atoms. The third-order valence-corrected chi connectivity index (χ3v) is 11.4. The summed E-state index contributed by atoms with van der Waals surface area (Å²) in [6.07, 6.45) is 4.78. The third kappa shape index (κ3) is 5.21. The van der Waals surface area contributed by atoms with E-state index in [-0.39, 0.29) is 0 Å². The highest BCUT2D eigenvalue weighted by Crippen LogP contribution is 2.35. The number of hydrogen-bond acceptors (Lipinski definition) is 8. The molecule has 0 radical (unpaired) electrons. The van der Waals surface area contributed by atoms with Crippen LogP contribution in [0.5, 0.6) is 0 Å². The SMILES string of the molecule is CN(c1cccc2cc(-c3ncc(CN4CCN(CC5CCCO5)CC4)s3)[nH]c12)S(=O)(=O)c1cccs1. The molecule has 0 aliphatic carbocycles. The number of nitrogens with zero attached hydrogens (tertiary/aromatic N) is 4. The molecule has 0 saturated carbocycles. The molecule has 37 heavy (non-hydrogen) atoms. The number of aromatic amines is 1. The van der Waals surface area contributed by atoms with E-state index in [9.17, 15) is 8.42 Å². The van der Waals surface area contributed by atoms with Crippen LogP contribution in [0.3, 0.4) is 0 Å². The molecule has 2 aliphatic heterocycles. The van der Waals surface area contributed by atoms with Crippen molar-refractivity contribution in [1.82, 2.24) is 19.8 Å². The minimum atomic E-state index is -3.62. The third-order valence-electron chi connectivity index (χ3n) is 7.20. The van der Waals surface area contributed by atoms with Crippen LogP contribution in [0.25, 0.3) is 21.6 Å². The lowest BCUT2D eigenvalue weighted by Crippen LogP contribution is -2.47. The van der Waals surface area contributed by atoms with Gasteiger partial charge in [-0.25, -0.2) is 13.4 Å². The fourth-order valence-electron chi connectivity index (χ4n) is 5.12. The molecule has 4 aromatic rings. The standard InChI is InChI=1S/C26H31N5O3S3/c1-29(37(32,33)24-8-4-14-35-24)23-7-2-5-19-15-22(28-25(19)23)26-27-16-21(36-26)18-31-11-9-30(10-12-31)17-20-6-3-13-34-20/h2,4-5,7-8,14-16,20,28H,3,6,9-13,17-18H2,1H3. The van der Waals surface area contributed by atoms with Gasteiger partial charge in [0, 0.05) is 69.4 Å². The Balaban J connectivity index is 1.14. The lowest BCUT2D eigenvalue weighted by atomic mass is 10.2. The molecular formula is C26H31N5O3S3. The molecule has 0 amide bonds. The summed E-state index contributed by atoms with van der Waals surface area (Å²) in [6.45, 7) is 7.16. The molecule has 1 N–H and O–H groups in total. The molecule has 11 heteroatoms. The number of ether oxygens (including phenoxy) is 1. The van der Waals surface area contributed by atoms with Crippen LogP contribution in [0, 0.1) is 0 Å². The molecule has 0 bridgehead atoms. The zero-order chi connectivity index (χ0) is 25.4. The van der Waals surface area contributed by atoms with E-state index < -0.39 is 10.0 Å². The molecule has 6 rings (SSSR count). The Labute approximate surface area is 225 Å². The molecule has 1 unspecified atom stereocenters. The van der Waals surface area contributed by atoms with Gasteiger partial charge in [-0.3, -0.25) is 14.1 Å². The Bertz CT molecular complexity index is 1450. The second kappa shape index (κ2) is 10.5. The molecule has 2 aliphatic rings. The minimum absolute atomic E-state index is 0.330. The first-order valence-corrected chi connectivity index (χ1v) is 15.8. The summed E-state index contributed by atoms with van der Waals surface area (Å²) < 4.78 is 33.7. The monoisotopic (exact) mass is 557 g/mol. The molecule has 3 aromatic heterocycles. The second-order valence-corrected chi connectivity index (χ2v) is 13.9. The summed E-state index contributed by atoms with van der Waals surface area (Å²) >= 11 is 2.92. The Morgan fingerprint density at radius 1 is 1.16 bits per heavy atom. The summed E-state index contributed by atoms with van der Waals surface area (Å²) in [5.41, 5.74) is 2.32. The number of aromatic nitrogens is 2. The van der Waals surface area contributed by atoms with E-state index in [1.807, 2.05) is 24.4 Å².